The second-order valence-electron chi connectivity index (χ2n) is 4.78. The molecule has 1 aliphatic rings. The molecule has 1 aromatic heterocycles. The minimum Gasteiger partial charge on any atom is -0.502 e. The van der Waals surface area contributed by atoms with Gasteiger partial charge in [0.2, 0.25) is 0 Å². The van der Waals surface area contributed by atoms with E-state index < -0.39 is 23.4 Å². The third kappa shape index (κ3) is 2.35. The molecule has 0 spiro atoms. The predicted molar refractivity (Wildman–Crippen MR) is 75.7 cm³/mol. The molecule has 2 aromatic rings. The number of hydrogen-bond donors (Lipinski definition) is 1. The first-order chi connectivity index (χ1) is 10.6. The molecule has 2 amide bonds. The van der Waals surface area contributed by atoms with Crippen molar-refractivity contribution in [2.45, 2.75) is 6.54 Å². The van der Waals surface area contributed by atoms with Crippen LogP contribution in [0, 0.1) is 5.82 Å². The molecule has 0 aliphatic carbocycles. The van der Waals surface area contributed by atoms with Crippen molar-refractivity contribution in [2.24, 2.45) is 0 Å². The number of aliphatic hydroxyl groups is 1. The molecule has 0 saturated carbocycles. The molecule has 5 nitrogen and oxygen atoms in total. The molecule has 0 bridgehead atoms. The van der Waals surface area contributed by atoms with E-state index in [-0.39, 0.29) is 12.1 Å². The van der Waals surface area contributed by atoms with Gasteiger partial charge in [0.05, 0.1) is 12.1 Å². The number of amides is 2. The van der Waals surface area contributed by atoms with E-state index in [9.17, 15) is 19.1 Å². The van der Waals surface area contributed by atoms with Gasteiger partial charge in [-0.2, -0.15) is 0 Å². The summed E-state index contributed by atoms with van der Waals surface area (Å²) in [5.74, 6) is -2.45. The quantitative estimate of drug-likeness (QED) is 0.881. The Kier molecular flexibility index (Phi) is 3.42. The van der Waals surface area contributed by atoms with Crippen LogP contribution in [0.25, 0.3) is 5.57 Å². The molecule has 1 aromatic carbocycles. The number of aromatic nitrogens is 1. The largest absolute Gasteiger partial charge is 0.502 e. The summed E-state index contributed by atoms with van der Waals surface area (Å²) in [4.78, 5) is 29.3. The van der Waals surface area contributed by atoms with Gasteiger partial charge < -0.3 is 5.11 Å². The Balaban J connectivity index is 1.92. The Morgan fingerprint density at radius 2 is 1.64 bits per heavy atom. The van der Waals surface area contributed by atoms with E-state index >= 15 is 0 Å². The number of aliphatic hydroxyl groups excluding tert-OH is 1. The van der Waals surface area contributed by atoms with E-state index in [2.05, 4.69) is 4.98 Å². The van der Waals surface area contributed by atoms with Crippen LogP contribution in [0.15, 0.2) is 54.6 Å². The molecule has 6 heteroatoms. The predicted octanol–water partition coefficient (Wildman–Crippen LogP) is 2.06. The third-order valence-electron chi connectivity index (χ3n) is 3.37. The lowest BCUT2D eigenvalue weighted by molar-refractivity contribution is -0.138. The summed E-state index contributed by atoms with van der Waals surface area (Å²) in [5, 5.41) is 9.96. The van der Waals surface area contributed by atoms with Gasteiger partial charge in [0.15, 0.2) is 5.76 Å². The van der Waals surface area contributed by atoms with Gasteiger partial charge in [-0.3, -0.25) is 19.5 Å². The van der Waals surface area contributed by atoms with Crippen molar-refractivity contribution in [2.75, 3.05) is 0 Å². The van der Waals surface area contributed by atoms with Crippen LogP contribution >= 0.6 is 0 Å². The molecule has 2 heterocycles. The number of hydrogen-bond acceptors (Lipinski definition) is 4. The molecule has 1 N–H and O–H groups in total. The van der Waals surface area contributed by atoms with E-state index in [1.54, 1.807) is 24.5 Å². The Labute approximate surface area is 125 Å². The SMILES string of the molecule is O=C1C(O)=C(c2ccc(F)cc2)C(=O)N1Cc1ccncc1. The zero-order valence-corrected chi connectivity index (χ0v) is 11.4. The van der Waals surface area contributed by atoms with Gasteiger partial charge in [0.1, 0.15) is 5.82 Å². The highest BCUT2D eigenvalue weighted by atomic mass is 19.1. The average molecular weight is 298 g/mol. The number of pyridine rings is 1. The third-order valence-corrected chi connectivity index (χ3v) is 3.37. The van der Waals surface area contributed by atoms with Crippen LogP contribution in [0.5, 0.6) is 0 Å². The lowest BCUT2D eigenvalue weighted by Crippen LogP contribution is -2.31. The number of carbonyl (C=O) groups is 2. The summed E-state index contributed by atoms with van der Waals surface area (Å²) >= 11 is 0. The lowest BCUT2D eigenvalue weighted by atomic mass is 10.1. The first-order valence-corrected chi connectivity index (χ1v) is 6.52. The van der Waals surface area contributed by atoms with Crippen molar-refractivity contribution < 1.29 is 19.1 Å². The zero-order chi connectivity index (χ0) is 15.7. The summed E-state index contributed by atoms with van der Waals surface area (Å²) in [5.41, 5.74) is 0.901. The molecule has 3 rings (SSSR count). The summed E-state index contributed by atoms with van der Waals surface area (Å²) in [6.07, 6.45) is 3.10. The summed E-state index contributed by atoms with van der Waals surface area (Å²) in [6.45, 7) is 0.0366. The van der Waals surface area contributed by atoms with E-state index in [1.165, 1.54) is 24.3 Å². The molecule has 1 aliphatic heterocycles. The maximum Gasteiger partial charge on any atom is 0.296 e. The van der Waals surface area contributed by atoms with Gasteiger partial charge in [-0.1, -0.05) is 12.1 Å². The lowest BCUT2D eigenvalue weighted by Gasteiger charge is -2.14. The zero-order valence-electron chi connectivity index (χ0n) is 11.4. The first kappa shape index (κ1) is 13.9. The molecular weight excluding hydrogens is 287 g/mol. The normalized spacial score (nSPS) is 14.9. The van der Waals surface area contributed by atoms with Crippen molar-refractivity contribution in [1.29, 1.82) is 0 Å². The van der Waals surface area contributed by atoms with Crippen LogP contribution in [0.2, 0.25) is 0 Å². The Hall–Kier alpha value is -3.02. The van der Waals surface area contributed by atoms with Crippen LogP contribution in [0.3, 0.4) is 0 Å². The van der Waals surface area contributed by atoms with E-state index in [4.69, 9.17) is 0 Å². The Morgan fingerprint density at radius 3 is 2.27 bits per heavy atom. The number of carbonyl (C=O) groups excluding carboxylic acids is 2. The number of nitrogens with zero attached hydrogens (tertiary/aromatic N) is 2. The summed E-state index contributed by atoms with van der Waals surface area (Å²) in [7, 11) is 0. The van der Waals surface area contributed by atoms with Crippen molar-refractivity contribution in [3.05, 3.63) is 71.5 Å². The highest BCUT2D eigenvalue weighted by Crippen LogP contribution is 2.29. The molecule has 0 saturated heterocycles. The second kappa shape index (κ2) is 5.40. The fourth-order valence-electron chi connectivity index (χ4n) is 2.25. The van der Waals surface area contributed by atoms with Gasteiger partial charge in [-0.05, 0) is 35.4 Å². The minimum absolute atomic E-state index is 0.0366. The Morgan fingerprint density at radius 1 is 1.00 bits per heavy atom. The highest BCUT2D eigenvalue weighted by molar-refractivity contribution is 6.34. The summed E-state index contributed by atoms with van der Waals surface area (Å²) in [6, 6.07) is 8.38. The van der Waals surface area contributed by atoms with Crippen molar-refractivity contribution >= 4 is 17.4 Å². The maximum atomic E-state index is 13.0. The van der Waals surface area contributed by atoms with E-state index in [0.29, 0.717) is 11.1 Å². The fraction of sp³-hybridized carbons (Fsp3) is 0.0625. The number of rotatable bonds is 3. The molecule has 22 heavy (non-hydrogen) atoms. The van der Waals surface area contributed by atoms with Gasteiger partial charge in [0.25, 0.3) is 11.8 Å². The maximum absolute atomic E-state index is 13.0. The first-order valence-electron chi connectivity index (χ1n) is 6.52. The van der Waals surface area contributed by atoms with Crippen LogP contribution < -0.4 is 0 Å². The molecule has 0 unspecified atom stereocenters. The summed E-state index contributed by atoms with van der Waals surface area (Å²) < 4.78 is 13.0. The fourth-order valence-corrected chi connectivity index (χ4v) is 2.25. The van der Waals surface area contributed by atoms with Crippen molar-refractivity contribution in [3.8, 4) is 0 Å². The number of halogens is 1. The topological polar surface area (TPSA) is 70.5 Å². The van der Waals surface area contributed by atoms with Crippen LogP contribution in [0.4, 0.5) is 4.39 Å². The van der Waals surface area contributed by atoms with Crippen LogP contribution in [-0.4, -0.2) is 26.8 Å². The molecule has 0 radical (unpaired) electrons. The Bertz CT molecular complexity index is 770. The smallest absolute Gasteiger partial charge is 0.296 e. The van der Waals surface area contributed by atoms with Gasteiger partial charge >= 0.3 is 0 Å². The molecule has 0 atom stereocenters. The van der Waals surface area contributed by atoms with Gasteiger partial charge in [0, 0.05) is 12.4 Å². The molecule has 0 fully saturated rings. The van der Waals surface area contributed by atoms with Crippen molar-refractivity contribution in [1.82, 2.24) is 9.88 Å². The standard InChI is InChI=1S/C16H11FN2O3/c17-12-3-1-11(2-4-12)13-14(20)16(22)19(15(13)21)9-10-5-7-18-8-6-10/h1-8,20H,9H2. The molecule has 110 valence electrons. The van der Waals surface area contributed by atoms with Crippen molar-refractivity contribution in [3.63, 3.8) is 0 Å². The number of imide groups is 1. The monoisotopic (exact) mass is 298 g/mol. The second-order valence-corrected chi connectivity index (χ2v) is 4.78. The average Bonchev–Trinajstić information content (AvgIpc) is 2.73. The number of benzene rings is 1. The minimum atomic E-state index is -0.763. The van der Waals surface area contributed by atoms with Gasteiger partial charge in [-0.15, -0.1) is 0 Å². The van der Waals surface area contributed by atoms with Crippen LogP contribution in [-0.2, 0) is 16.1 Å². The van der Waals surface area contributed by atoms with Gasteiger partial charge in [-0.25, -0.2) is 4.39 Å². The van der Waals surface area contributed by atoms with Crippen LogP contribution in [0.1, 0.15) is 11.1 Å². The van der Waals surface area contributed by atoms with E-state index in [1.807, 2.05) is 0 Å². The molecular formula is C16H11FN2O3. The highest BCUT2D eigenvalue weighted by Gasteiger charge is 2.39. The van der Waals surface area contributed by atoms with E-state index in [0.717, 1.165) is 4.90 Å².